The van der Waals surface area contributed by atoms with Gasteiger partial charge in [-0.05, 0) is 38.0 Å². The second kappa shape index (κ2) is 3.54. The Kier molecular flexibility index (Phi) is 2.52. The third-order valence-corrected chi connectivity index (χ3v) is 3.72. The average Bonchev–Trinajstić information content (AvgIpc) is 2.58. The number of ether oxygens (including phenoxy) is 1. The Bertz CT molecular complexity index is 229. The molecule has 14 heavy (non-hydrogen) atoms. The summed E-state index contributed by atoms with van der Waals surface area (Å²) in [4.78, 5) is 11.4. The minimum atomic E-state index is -0.764. The lowest BCUT2D eigenvalue weighted by Crippen LogP contribution is -2.43. The van der Waals surface area contributed by atoms with Crippen molar-refractivity contribution in [2.75, 3.05) is 6.61 Å². The van der Waals surface area contributed by atoms with Crippen LogP contribution in [0, 0.1) is 11.8 Å². The van der Waals surface area contributed by atoms with E-state index >= 15 is 0 Å². The first-order valence-electron chi connectivity index (χ1n) is 5.51. The van der Waals surface area contributed by atoms with Crippen molar-refractivity contribution in [2.24, 2.45) is 11.8 Å². The zero-order valence-corrected chi connectivity index (χ0v) is 8.66. The summed E-state index contributed by atoms with van der Waals surface area (Å²) >= 11 is 0. The first-order valence-corrected chi connectivity index (χ1v) is 5.51. The second-order valence-electron chi connectivity index (χ2n) is 4.79. The van der Waals surface area contributed by atoms with Gasteiger partial charge in [-0.15, -0.1) is 0 Å². The number of hydrogen-bond donors (Lipinski definition) is 1. The van der Waals surface area contributed by atoms with Crippen molar-refractivity contribution in [2.45, 2.75) is 44.6 Å². The van der Waals surface area contributed by atoms with E-state index in [1.165, 1.54) is 0 Å². The van der Waals surface area contributed by atoms with Gasteiger partial charge in [-0.2, -0.15) is 0 Å². The molecule has 2 rings (SSSR count). The molecule has 1 saturated carbocycles. The molecule has 0 aromatic carbocycles. The van der Waals surface area contributed by atoms with Gasteiger partial charge in [0.15, 0.2) is 0 Å². The van der Waals surface area contributed by atoms with E-state index in [0.717, 1.165) is 25.7 Å². The molecule has 1 unspecified atom stereocenters. The Balaban J connectivity index is 2.04. The molecule has 3 heteroatoms. The van der Waals surface area contributed by atoms with Crippen LogP contribution in [0.4, 0.5) is 0 Å². The van der Waals surface area contributed by atoms with Gasteiger partial charge in [0.25, 0.3) is 0 Å². The number of carbonyl (C=O) groups excluding carboxylic acids is 1. The topological polar surface area (TPSA) is 46.5 Å². The van der Waals surface area contributed by atoms with Crippen LogP contribution in [0.5, 0.6) is 0 Å². The Morgan fingerprint density at radius 3 is 2.50 bits per heavy atom. The zero-order valence-electron chi connectivity index (χ0n) is 8.66. The highest BCUT2D eigenvalue weighted by atomic mass is 16.5. The first-order chi connectivity index (χ1) is 6.62. The van der Waals surface area contributed by atoms with Crippen LogP contribution in [0.15, 0.2) is 0 Å². The molecule has 0 bridgehead atoms. The van der Waals surface area contributed by atoms with Crippen molar-refractivity contribution in [3.05, 3.63) is 0 Å². The molecule has 2 aliphatic rings. The SMILES string of the molecule is CC1CCC(O)(C2CCOC2=O)CC1. The van der Waals surface area contributed by atoms with Crippen LogP contribution in [0.3, 0.4) is 0 Å². The van der Waals surface area contributed by atoms with E-state index in [4.69, 9.17) is 4.74 Å². The van der Waals surface area contributed by atoms with Crippen LogP contribution in [-0.2, 0) is 9.53 Å². The van der Waals surface area contributed by atoms with Gasteiger partial charge in [-0.3, -0.25) is 4.79 Å². The Labute approximate surface area is 84.4 Å². The maximum Gasteiger partial charge on any atom is 0.311 e. The minimum Gasteiger partial charge on any atom is -0.465 e. The summed E-state index contributed by atoms with van der Waals surface area (Å²) in [6, 6.07) is 0. The third kappa shape index (κ3) is 1.65. The second-order valence-corrected chi connectivity index (χ2v) is 4.79. The number of aliphatic hydroxyl groups is 1. The van der Waals surface area contributed by atoms with Crippen LogP contribution in [0.2, 0.25) is 0 Å². The maximum atomic E-state index is 11.4. The smallest absolute Gasteiger partial charge is 0.311 e. The van der Waals surface area contributed by atoms with Gasteiger partial charge in [-0.25, -0.2) is 0 Å². The van der Waals surface area contributed by atoms with Gasteiger partial charge >= 0.3 is 5.97 Å². The van der Waals surface area contributed by atoms with E-state index in [2.05, 4.69) is 6.92 Å². The number of rotatable bonds is 1. The molecule has 1 atom stereocenters. The quantitative estimate of drug-likeness (QED) is 0.649. The molecule has 1 aliphatic carbocycles. The highest BCUT2D eigenvalue weighted by molar-refractivity contribution is 5.75. The van der Waals surface area contributed by atoms with Crippen molar-refractivity contribution in [1.82, 2.24) is 0 Å². The standard InChI is InChI=1S/C11H18O3/c1-8-2-5-11(13,6-3-8)9-4-7-14-10(9)12/h8-9,13H,2-7H2,1H3. The van der Waals surface area contributed by atoms with Crippen molar-refractivity contribution in [3.8, 4) is 0 Å². The number of carbonyl (C=O) groups is 1. The minimum absolute atomic E-state index is 0.193. The van der Waals surface area contributed by atoms with Crippen molar-refractivity contribution in [3.63, 3.8) is 0 Å². The molecular weight excluding hydrogens is 180 g/mol. The van der Waals surface area contributed by atoms with Crippen LogP contribution < -0.4 is 0 Å². The summed E-state index contributed by atoms with van der Waals surface area (Å²) in [6.07, 6.45) is 4.27. The molecule has 0 radical (unpaired) electrons. The summed E-state index contributed by atoms with van der Waals surface area (Å²) < 4.78 is 4.91. The Hall–Kier alpha value is -0.570. The summed E-state index contributed by atoms with van der Waals surface area (Å²) in [7, 11) is 0. The van der Waals surface area contributed by atoms with E-state index < -0.39 is 5.60 Å². The number of cyclic esters (lactones) is 1. The molecule has 1 aliphatic heterocycles. The first kappa shape index (κ1) is 9.97. The van der Waals surface area contributed by atoms with Crippen LogP contribution in [-0.4, -0.2) is 23.3 Å². The van der Waals surface area contributed by atoms with E-state index in [1.807, 2.05) is 0 Å². The summed E-state index contributed by atoms with van der Waals surface area (Å²) in [6.45, 7) is 2.69. The predicted molar refractivity (Wildman–Crippen MR) is 51.6 cm³/mol. The van der Waals surface area contributed by atoms with Crippen molar-refractivity contribution < 1.29 is 14.6 Å². The fourth-order valence-corrected chi connectivity index (χ4v) is 2.59. The number of esters is 1. The van der Waals surface area contributed by atoms with Gasteiger partial charge in [0.1, 0.15) is 0 Å². The highest BCUT2D eigenvalue weighted by Gasteiger charge is 2.46. The van der Waals surface area contributed by atoms with Gasteiger partial charge in [0, 0.05) is 0 Å². The lowest BCUT2D eigenvalue weighted by atomic mass is 9.72. The molecule has 2 fully saturated rings. The Morgan fingerprint density at radius 2 is 2.00 bits per heavy atom. The fourth-order valence-electron chi connectivity index (χ4n) is 2.59. The highest BCUT2D eigenvalue weighted by Crippen LogP contribution is 2.40. The molecule has 0 spiro atoms. The van der Waals surface area contributed by atoms with Gasteiger partial charge in [0.2, 0.25) is 0 Å². The van der Waals surface area contributed by atoms with E-state index in [1.54, 1.807) is 0 Å². The lowest BCUT2D eigenvalue weighted by Gasteiger charge is -2.37. The van der Waals surface area contributed by atoms with Gasteiger partial charge in [0.05, 0.1) is 18.1 Å². The normalized spacial score (nSPS) is 43.7. The summed E-state index contributed by atoms with van der Waals surface area (Å²) in [5.74, 6) is 0.241. The molecule has 1 saturated heterocycles. The molecule has 80 valence electrons. The van der Waals surface area contributed by atoms with E-state index in [0.29, 0.717) is 18.9 Å². The third-order valence-electron chi connectivity index (χ3n) is 3.72. The monoisotopic (exact) mass is 198 g/mol. The van der Waals surface area contributed by atoms with E-state index in [9.17, 15) is 9.90 Å². The summed E-state index contributed by atoms with van der Waals surface area (Å²) in [5, 5.41) is 10.4. The largest absolute Gasteiger partial charge is 0.465 e. The maximum absolute atomic E-state index is 11.4. The summed E-state index contributed by atoms with van der Waals surface area (Å²) in [5.41, 5.74) is -0.764. The molecule has 0 aromatic heterocycles. The van der Waals surface area contributed by atoms with Crippen molar-refractivity contribution in [1.29, 1.82) is 0 Å². The lowest BCUT2D eigenvalue weighted by molar-refractivity contribution is -0.151. The predicted octanol–water partition coefficient (Wildman–Crippen LogP) is 1.49. The van der Waals surface area contributed by atoms with Gasteiger partial charge < -0.3 is 9.84 Å². The molecule has 1 heterocycles. The Morgan fingerprint density at radius 1 is 1.36 bits per heavy atom. The average molecular weight is 198 g/mol. The van der Waals surface area contributed by atoms with Crippen LogP contribution in [0.25, 0.3) is 0 Å². The molecular formula is C11H18O3. The van der Waals surface area contributed by atoms with E-state index in [-0.39, 0.29) is 11.9 Å². The molecule has 3 nitrogen and oxygen atoms in total. The van der Waals surface area contributed by atoms with Crippen LogP contribution in [0.1, 0.15) is 39.0 Å². The van der Waals surface area contributed by atoms with Crippen molar-refractivity contribution >= 4 is 5.97 Å². The van der Waals surface area contributed by atoms with Crippen LogP contribution >= 0.6 is 0 Å². The molecule has 0 aromatic rings. The fraction of sp³-hybridized carbons (Fsp3) is 0.909. The van der Waals surface area contributed by atoms with Gasteiger partial charge in [-0.1, -0.05) is 6.92 Å². The molecule has 0 amide bonds. The zero-order chi connectivity index (χ0) is 10.2. The molecule has 1 N–H and O–H groups in total. The number of hydrogen-bond acceptors (Lipinski definition) is 3.